The highest BCUT2D eigenvalue weighted by molar-refractivity contribution is 5.79. The Bertz CT molecular complexity index is 581. The third kappa shape index (κ3) is 7.64. The standard InChI is InChI=1S/C20H35N5O2/c1-17(27-19-9-6-5-8-18(19)26-4)16-23-20(21-2)22-10-13-25-12-7-11-24(3)14-15-25/h5-6,8-9,17H,7,10-16H2,1-4H3,(H2,21,22,23). The number of likely N-dealkylation sites (N-methyl/N-ethyl adjacent to an activating group) is 1. The molecule has 0 aromatic heterocycles. The first-order valence-electron chi connectivity index (χ1n) is 9.77. The number of rotatable bonds is 8. The number of aliphatic imine (C=N–C) groups is 1. The molecule has 0 amide bonds. The summed E-state index contributed by atoms with van der Waals surface area (Å²) in [7, 11) is 5.64. The number of ether oxygens (including phenoxy) is 2. The largest absolute Gasteiger partial charge is 0.493 e. The zero-order valence-electron chi connectivity index (χ0n) is 17.2. The van der Waals surface area contributed by atoms with Gasteiger partial charge in [-0.1, -0.05) is 12.1 Å². The van der Waals surface area contributed by atoms with Crippen molar-refractivity contribution in [1.29, 1.82) is 0 Å². The summed E-state index contributed by atoms with van der Waals surface area (Å²) in [6.07, 6.45) is 1.22. The summed E-state index contributed by atoms with van der Waals surface area (Å²) in [5, 5.41) is 6.72. The van der Waals surface area contributed by atoms with Crippen molar-refractivity contribution < 1.29 is 9.47 Å². The van der Waals surface area contributed by atoms with Gasteiger partial charge in [-0.15, -0.1) is 0 Å². The van der Waals surface area contributed by atoms with Gasteiger partial charge in [-0.3, -0.25) is 4.99 Å². The van der Waals surface area contributed by atoms with Crippen molar-refractivity contribution >= 4 is 5.96 Å². The summed E-state index contributed by atoms with van der Waals surface area (Å²) in [5.74, 6) is 2.30. The van der Waals surface area contributed by atoms with E-state index in [2.05, 4.69) is 32.5 Å². The first kappa shape index (κ1) is 21.3. The van der Waals surface area contributed by atoms with Gasteiger partial charge in [0.05, 0.1) is 13.7 Å². The van der Waals surface area contributed by atoms with E-state index in [4.69, 9.17) is 9.47 Å². The van der Waals surface area contributed by atoms with Crippen LogP contribution in [0.3, 0.4) is 0 Å². The number of para-hydroxylation sites is 2. The van der Waals surface area contributed by atoms with Gasteiger partial charge >= 0.3 is 0 Å². The van der Waals surface area contributed by atoms with E-state index in [-0.39, 0.29) is 6.10 Å². The highest BCUT2D eigenvalue weighted by atomic mass is 16.5. The van der Waals surface area contributed by atoms with Crippen LogP contribution in [-0.4, -0.2) is 88.9 Å². The van der Waals surface area contributed by atoms with Gasteiger partial charge in [0.2, 0.25) is 0 Å². The average Bonchev–Trinajstić information content (AvgIpc) is 2.89. The molecule has 1 aromatic rings. The van der Waals surface area contributed by atoms with Gasteiger partial charge < -0.3 is 29.9 Å². The molecule has 1 saturated heterocycles. The SMILES string of the molecule is CN=C(NCCN1CCCN(C)CC1)NCC(C)Oc1ccccc1OC. The van der Waals surface area contributed by atoms with Gasteiger partial charge in [0.25, 0.3) is 0 Å². The molecule has 1 aliphatic heterocycles. The van der Waals surface area contributed by atoms with Gasteiger partial charge in [-0.2, -0.15) is 0 Å². The fourth-order valence-electron chi connectivity index (χ4n) is 3.09. The molecule has 1 aromatic carbocycles. The number of guanidine groups is 1. The number of benzene rings is 1. The molecule has 7 nitrogen and oxygen atoms in total. The van der Waals surface area contributed by atoms with Gasteiger partial charge in [0.15, 0.2) is 17.5 Å². The Balaban J connectivity index is 1.68. The first-order valence-corrected chi connectivity index (χ1v) is 9.77. The van der Waals surface area contributed by atoms with Crippen molar-refractivity contribution in [3.63, 3.8) is 0 Å². The number of methoxy groups -OCH3 is 1. The maximum atomic E-state index is 5.97. The predicted octanol–water partition coefficient (Wildman–Crippen LogP) is 1.27. The van der Waals surface area contributed by atoms with Crippen LogP contribution in [0, 0.1) is 0 Å². The summed E-state index contributed by atoms with van der Waals surface area (Å²) < 4.78 is 11.3. The fraction of sp³-hybridized carbons (Fsp3) is 0.650. The monoisotopic (exact) mass is 377 g/mol. The second-order valence-corrected chi connectivity index (χ2v) is 6.96. The molecule has 0 spiro atoms. The van der Waals surface area contributed by atoms with Gasteiger partial charge in [0.1, 0.15) is 6.10 Å². The Morgan fingerprint density at radius 1 is 1.15 bits per heavy atom. The van der Waals surface area contributed by atoms with Gasteiger partial charge in [-0.05, 0) is 45.6 Å². The summed E-state index contributed by atoms with van der Waals surface area (Å²) in [5.41, 5.74) is 0. The minimum Gasteiger partial charge on any atom is -0.493 e. The zero-order valence-corrected chi connectivity index (χ0v) is 17.2. The van der Waals surface area contributed by atoms with Crippen molar-refractivity contribution in [2.45, 2.75) is 19.4 Å². The molecule has 0 radical (unpaired) electrons. The maximum Gasteiger partial charge on any atom is 0.191 e. The zero-order chi connectivity index (χ0) is 19.5. The third-order valence-corrected chi connectivity index (χ3v) is 4.71. The Morgan fingerprint density at radius 3 is 2.67 bits per heavy atom. The Morgan fingerprint density at radius 2 is 1.93 bits per heavy atom. The number of nitrogens with one attached hydrogen (secondary N) is 2. The van der Waals surface area contributed by atoms with E-state index >= 15 is 0 Å². The fourth-order valence-corrected chi connectivity index (χ4v) is 3.09. The number of nitrogens with zero attached hydrogens (tertiary/aromatic N) is 3. The van der Waals surface area contributed by atoms with Crippen LogP contribution in [0.15, 0.2) is 29.3 Å². The van der Waals surface area contributed by atoms with E-state index < -0.39 is 0 Å². The smallest absolute Gasteiger partial charge is 0.191 e. The van der Waals surface area contributed by atoms with E-state index in [1.54, 1.807) is 14.2 Å². The van der Waals surface area contributed by atoms with Crippen molar-refractivity contribution in [1.82, 2.24) is 20.4 Å². The summed E-state index contributed by atoms with van der Waals surface area (Å²) in [6, 6.07) is 7.69. The number of hydrogen-bond acceptors (Lipinski definition) is 5. The molecule has 7 heteroatoms. The van der Waals surface area contributed by atoms with Crippen molar-refractivity contribution in [2.24, 2.45) is 4.99 Å². The van der Waals surface area contributed by atoms with Crippen LogP contribution in [-0.2, 0) is 0 Å². The Labute approximate surface area is 163 Å². The Hall–Kier alpha value is -1.99. The van der Waals surface area contributed by atoms with Crippen molar-refractivity contribution in [3.8, 4) is 11.5 Å². The second-order valence-electron chi connectivity index (χ2n) is 6.96. The molecule has 0 saturated carbocycles. The Kier molecular flexibility index (Phi) is 9.21. The van der Waals surface area contributed by atoms with Crippen LogP contribution in [0.5, 0.6) is 11.5 Å². The van der Waals surface area contributed by atoms with E-state index in [9.17, 15) is 0 Å². The molecule has 1 aliphatic rings. The molecule has 0 bridgehead atoms. The molecule has 2 rings (SSSR count). The average molecular weight is 378 g/mol. The lowest BCUT2D eigenvalue weighted by Gasteiger charge is -2.22. The van der Waals surface area contributed by atoms with Crippen molar-refractivity contribution in [3.05, 3.63) is 24.3 Å². The highest BCUT2D eigenvalue weighted by Gasteiger charge is 2.12. The lowest BCUT2D eigenvalue weighted by molar-refractivity contribution is 0.213. The van der Waals surface area contributed by atoms with E-state index in [0.29, 0.717) is 6.54 Å². The molecule has 1 fully saturated rings. The van der Waals surface area contributed by atoms with E-state index in [1.165, 1.54) is 19.5 Å². The lowest BCUT2D eigenvalue weighted by Crippen LogP contribution is -2.44. The maximum absolute atomic E-state index is 5.97. The molecular formula is C20H35N5O2. The normalized spacial score (nSPS) is 17.9. The van der Waals surface area contributed by atoms with Gasteiger partial charge in [0, 0.05) is 33.2 Å². The molecule has 1 heterocycles. The molecule has 1 unspecified atom stereocenters. The summed E-state index contributed by atoms with van der Waals surface area (Å²) in [6.45, 7) is 9.23. The predicted molar refractivity (Wildman–Crippen MR) is 111 cm³/mol. The summed E-state index contributed by atoms with van der Waals surface area (Å²) >= 11 is 0. The van der Waals surface area contributed by atoms with E-state index in [1.807, 2.05) is 31.2 Å². The van der Waals surface area contributed by atoms with Crippen LogP contribution in [0.2, 0.25) is 0 Å². The lowest BCUT2D eigenvalue weighted by atomic mass is 10.3. The summed E-state index contributed by atoms with van der Waals surface area (Å²) in [4.78, 5) is 9.21. The van der Waals surface area contributed by atoms with Crippen LogP contribution < -0.4 is 20.1 Å². The van der Waals surface area contributed by atoms with Crippen LogP contribution in [0.25, 0.3) is 0 Å². The number of hydrogen-bond donors (Lipinski definition) is 2. The highest BCUT2D eigenvalue weighted by Crippen LogP contribution is 2.26. The second kappa shape index (κ2) is 11.7. The van der Waals surface area contributed by atoms with Crippen LogP contribution in [0.1, 0.15) is 13.3 Å². The minimum atomic E-state index is -0.0130. The van der Waals surface area contributed by atoms with Crippen LogP contribution in [0.4, 0.5) is 0 Å². The molecule has 27 heavy (non-hydrogen) atoms. The van der Waals surface area contributed by atoms with Gasteiger partial charge in [-0.25, -0.2) is 0 Å². The quantitative estimate of drug-likeness (QED) is 0.525. The molecule has 152 valence electrons. The minimum absolute atomic E-state index is 0.0130. The topological polar surface area (TPSA) is 61.4 Å². The van der Waals surface area contributed by atoms with Crippen molar-refractivity contribution in [2.75, 3.05) is 67.0 Å². The molecule has 0 aliphatic carbocycles. The third-order valence-electron chi connectivity index (χ3n) is 4.71. The molecule has 1 atom stereocenters. The van der Waals surface area contributed by atoms with E-state index in [0.717, 1.165) is 43.6 Å². The van der Waals surface area contributed by atoms with Crippen LogP contribution >= 0.6 is 0 Å². The first-order chi connectivity index (χ1) is 13.1. The molecule has 2 N–H and O–H groups in total. The molecular weight excluding hydrogens is 342 g/mol.